The molecule has 7 heteroatoms. The second kappa shape index (κ2) is 7.59. The molecule has 1 N–H and O–H groups in total. The number of para-hydroxylation sites is 2. The number of aryl methyl sites for hydroxylation is 1. The third kappa shape index (κ3) is 3.71. The molecule has 2 aromatic rings. The highest BCUT2D eigenvalue weighted by molar-refractivity contribution is 5.79. The number of benzene rings is 1. The molecule has 0 spiro atoms. The number of hydrogen-bond acceptors (Lipinski definition) is 5. The Balaban J connectivity index is 1.68. The van der Waals surface area contributed by atoms with E-state index < -0.39 is 0 Å². The number of anilines is 1. The molecule has 0 bridgehead atoms. The van der Waals surface area contributed by atoms with Gasteiger partial charge < -0.3 is 19.5 Å². The van der Waals surface area contributed by atoms with Crippen LogP contribution >= 0.6 is 0 Å². The first-order chi connectivity index (χ1) is 12.5. The summed E-state index contributed by atoms with van der Waals surface area (Å²) in [6, 6.07) is 7.93. The highest BCUT2D eigenvalue weighted by Gasteiger charge is 2.29. The van der Waals surface area contributed by atoms with Crippen LogP contribution in [0.25, 0.3) is 0 Å². The van der Waals surface area contributed by atoms with E-state index in [0.717, 1.165) is 18.0 Å². The summed E-state index contributed by atoms with van der Waals surface area (Å²) in [7, 11) is 1.66. The number of carbonyl (C=O) groups excluding carboxylic acids is 1. The molecule has 1 aromatic carbocycles. The zero-order valence-electron chi connectivity index (χ0n) is 15.4. The second-order valence-corrected chi connectivity index (χ2v) is 6.55. The van der Waals surface area contributed by atoms with Crippen LogP contribution in [0.4, 0.5) is 5.69 Å². The smallest absolute Gasteiger partial charge is 0.254 e. The van der Waals surface area contributed by atoms with Crippen molar-refractivity contribution in [3.63, 3.8) is 0 Å². The molecule has 0 saturated carbocycles. The predicted octanol–water partition coefficient (Wildman–Crippen LogP) is 1.37. The lowest BCUT2D eigenvalue weighted by atomic mass is 10.1. The van der Waals surface area contributed by atoms with Crippen LogP contribution in [0.1, 0.15) is 18.3 Å². The number of aromatic amines is 1. The molecule has 1 amide bonds. The molecule has 1 aliphatic heterocycles. The lowest BCUT2D eigenvalue weighted by molar-refractivity contribution is -0.132. The number of ether oxygens (including phenoxy) is 1. The van der Waals surface area contributed by atoms with Gasteiger partial charge in [0.1, 0.15) is 11.6 Å². The molecular formula is C19H24N4O3. The number of nitrogens with one attached hydrogen (secondary N) is 1. The maximum Gasteiger partial charge on any atom is 0.254 e. The summed E-state index contributed by atoms with van der Waals surface area (Å²) in [6.45, 7) is 5.78. The number of H-pyrrole nitrogens is 1. The lowest BCUT2D eigenvalue weighted by Crippen LogP contribution is -2.54. The first-order valence-corrected chi connectivity index (χ1v) is 8.72. The van der Waals surface area contributed by atoms with Gasteiger partial charge >= 0.3 is 0 Å². The average Bonchev–Trinajstić information content (AvgIpc) is 2.63. The van der Waals surface area contributed by atoms with E-state index in [-0.39, 0.29) is 23.9 Å². The molecule has 0 aliphatic carbocycles. The normalized spacial score (nSPS) is 17.3. The summed E-state index contributed by atoms with van der Waals surface area (Å²) in [6.07, 6.45) is 1.56. The Labute approximate surface area is 152 Å². The van der Waals surface area contributed by atoms with Gasteiger partial charge in [-0.15, -0.1) is 0 Å². The molecule has 7 nitrogen and oxygen atoms in total. The number of carbonyl (C=O) groups is 1. The number of aromatic nitrogens is 2. The quantitative estimate of drug-likeness (QED) is 0.895. The number of rotatable bonds is 4. The van der Waals surface area contributed by atoms with E-state index in [1.54, 1.807) is 14.0 Å². The van der Waals surface area contributed by atoms with E-state index in [1.807, 2.05) is 36.1 Å². The van der Waals surface area contributed by atoms with Crippen molar-refractivity contribution in [3.05, 3.63) is 52.2 Å². The van der Waals surface area contributed by atoms with Gasteiger partial charge in [-0.3, -0.25) is 9.59 Å². The van der Waals surface area contributed by atoms with Crippen LogP contribution in [0, 0.1) is 6.92 Å². The molecule has 0 radical (unpaired) electrons. The van der Waals surface area contributed by atoms with Gasteiger partial charge in [-0.05, 0) is 26.0 Å². The Bertz CT molecular complexity index is 849. The van der Waals surface area contributed by atoms with Crippen molar-refractivity contribution in [2.75, 3.05) is 31.6 Å². The van der Waals surface area contributed by atoms with E-state index in [9.17, 15) is 9.59 Å². The number of hydrogen-bond donors (Lipinski definition) is 1. The fourth-order valence-corrected chi connectivity index (χ4v) is 3.34. The number of methoxy groups -OCH3 is 1. The van der Waals surface area contributed by atoms with Gasteiger partial charge in [0.15, 0.2) is 0 Å². The van der Waals surface area contributed by atoms with Crippen LogP contribution in [0.15, 0.2) is 35.3 Å². The standard InChI is InChI=1S/C19H24N4O3/c1-13-12-22(16-6-4-5-7-17(16)26-3)8-9-23(13)18(24)10-15-11-20-14(2)21-19(15)25/h4-7,11,13H,8-10,12H2,1-3H3,(H,20,21,25). The van der Waals surface area contributed by atoms with E-state index in [2.05, 4.69) is 14.9 Å². The van der Waals surface area contributed by atoms with Gasteiger partial charge in [0.2, 0.25) is 5.91 Å². The van der Waals surface area contributed by atoms with Crippen molar-refractivity contribution in [1.82, 2.24) is 14.9 Å². The van der Waals surface area contributed by atoms with E-state index >= 15 is 0 Å². The molecule has 1 aliphatic rings. The van der Waals surface area contributed by atoms with Crippen molar-refractivity contribution in [2.45, 2.75) is 26.3 Å². The van der Waals surface area contributed by atoms with E-state index in [1.165, 1.54) is 6.20 Å². The zero-order valence-corrected chi connectivity index (χ0v) is 15.4. The minimum absolute atomic E-state index is 0.0404. The highest BCUT2D eigenvalue weighted by atomic mass is 16.5. The van der Waals surface area contributed by atoms with Crippen LogP contribution in [-0.4, -0.2) is 53.6 Å². The fourth-order valence-electron chi connectivity index (χ4n) is 3.34. The molecule has 1 unspecified atom stereocenters. The largest absolute Gasteiger partial charge is 0.495 e. The van der Waals surface area contributed by atoms with Crippen molar-refractivity contribution in [3.8, 4) is 5.75 Å². The van der Waals surface area contributed by atoms with Gasteiger partial charge in [-0.25, -0.2) is 4.98 Å². The Morgan fingerprint density at radius 2 is 2.12 bits per heavy atom. The Hall–Kier alpha value is -2.83. The number of amides is 1. The first kappa shape index (κ1) is 18.0. The molecule has 26 heavy (non-hydrogen) atoms. The fraction of sp³-hybridized carbons (Fsp3) is 0.421. The van der Waals surface area contributed by atoms with Crippen LogP contribution in [-0.2, 0) is 11.2 Å². The predicted molar refractivity (Wildman–Crippen MR) is 99.7 cm³/mol. The molecule has 3 rings (SSSR count). The summed E-state index contributed by atoms with van der Waals surface area (Å²) in [5.74, 6) is 1.33. The van der Waals surface area contributed by atoms with Gasteiger partial charge in [0.25, 0.3) is 5.56 Å². The maximum atomic E-state index is 12.7. The van der Waals surface area contributed by atoms with Crippen LogP contribution in [0.2, 0.25) is 0 Å². The van der Waals surface area contributed by atoms with Crippen molar-refractivity contribution in [2.24, 2.45) is 0 Å². The molecule has 1 saturated heterocycles. The summed E-state index contributed by atoms with van der Waals surface area (Å²) in [5, 5.41) is 0. The molecule has 1 aromatic heterocycles. The summed E-state index contributed by atoms with van der Waals surface area (Å²) in [4.78, 5) is 35.4. The molecular weight excluding hydrogens is 332 g/mol. The van der Waals surface area contributed by atoms with Crippen molar-refractivity contribution in [1.29, 1.82) is 0 Å². The summed E-state index contributed by atoms with van der Waals surface area (Å²) in [5.41, 5.74) is 1.19. The SMILES string of the molecule is COc1ccccc1N1CCN(C(=O)Cc2cnc(C)[nH]c2=O)C(C)C1. The molecule has 2 heterocycles. The van der Waals surface area contributed by atoms with E-state index in [0.29, 0.717) is 24.5 Å². The van der Waals surface area contributed by atoms with Gasteiger partial charge in [-0.2, -0.15) is 0 Å². The maximum absolute atomic E-state index is 12.7. The summed E-state index contributed by atoms with van der Waals surface area (Å²) < 4.78 is 5.44. The van der Waals surface area contributed by atoms with Gasteiger partial charge in [0, 0.05) is 37.4 Å². The minimum atomic E-state index is -0.244. The molecule has 1 fully saturated rings. The highest BCUT2D eigenvalue weighted by Crippen LogP contribution is 2.29. The first-order valence-electron chi connectivity index (χ1n) is 8.72. The van der Waals surface area contributed by atoms with E-state index in [4.69, 9.17) is 4.74 Å². The van der Waals surface area contributed by atoms with Crippen LogP contribution < -0.4 is 15.2 Å². The number of piperazine rings is 1. The molecule has 138 valence electrons. The van der Waals surface area contributed by atoms with Crippen LogP contribution in [0.3, 0.4) is 0 Å². The summed E-state index contributed by atoms with van der Waals surface area (Å²) >= 11 is 0. The molecule has 1 atom stereocenters. The second-order valence-electron chi connectivity index (χ2n) is 6.55. The number of nitrogens with zero attached hydrogens (tertiary/aromatic N) is 3. The third-order valence-electron chi connectivity index (χ3n) is 4.72. The van der Waals surface area contributed by atoms with Gasteiger partial charge in [-0.1, -0.05) is 12.1 Å². The Morgan fingerprint density at radius 1 is 1.35 bits per heavy atom. The zero-order chi connectivity index (χ0) is 18.7. The average molecular weight is 356 g/mol. The lowest BCUT2D eigenvalue weighted by Gasteiger charge is -2.41. The minimum Gasteiger partial charge on any atom is -0.495 e. The van der Waals surface area contributed by atoms with Crippen LogP contribution in [0.5, 0.6) is 5.75 Å². The Kier molecular flexibility index (Phi) is 5.25. The van der Waals surface area contributed by atoms with Crippen molar-refractivity contribution >= 4 is 11.6 Å². The third-order valence-corrected chi connectivity index (χ3v) is 4.72. The monoisotopic (exact) mass is 356 g/mol. The van der Waals surface area contributed by atoms with Gasteiger partial charge in [0.05, 0.1) is 19.2 Å². The Morgan fingerprint density at radius 3 is 2.81 bits per heavy atom. The topological polar surface area (TPSA) is 78.5 Å². The van der Waals surface area contributed by atoms with Crippen molar-refractivity contribution < 1.29 is 9.53 Å².